The number of hydrogen-bond acceptors (Lipinski definition) is 7. The molecule has 2 aliphatic heterocycles. The molecule has 0 aliphatic carbocycles. The summed E-state index contributed by atoms with van der Waals surface area (Å²) in [4.78, 5) is 11.7. The molecule has 0 spiro atoms. The van der Waals surface area contributed by atoms with Crippen LogP contribution in [0.5, 0.6) is 11.8 Å². The number of benzene rings is 4. The first kappa shape index (κ1) is 26.6. The van der Waals surface area contributed by atoms with Crippen LogP contribution >= 0.6 is 0 Å². The lowest BCUT2D eigenvalue weighted by atomic mass is 9.84. The second kappa shape index (κ2) is 10.5. The summed E-state index contributed by atoms with van der Waals surface area (Å²) in [5.41, 5.74) is 1.32. The van der Waals surface area contributed by atoms with Crippen LogP contribution in [0.1, 0.15) is 25.3 Å². The second-order valence-corrected chi connectivity index (χ2v) is 11.8. The SMILES string of the molecule is CC(CO)(COc1nc(N2C[C@H]3CC[C@@H](C2)N3)c2ccc(-c3cc(O)cc4ccccc34)c(F)c2n1)c1ccccc1. The Morgan fingerprint density at radius 2 is 1.67 bits per heavy atom. The van der Waals surface area contributed by atoms with E-state index >= 15 is 4.39 Å². The summed E-state index contributed by atoms with van der Waals surface area (Å²) in [5.74, 6) is 0.212. The highest BCUT2D eigenvalue weighted by atomic mass is 19.1. The average Bonchev–Trinajstić information content (AvgIpc) is 3.36. The Kier molecular flexibility index (Phi) is 6.67. The minimum absolute atomic E-state index is 0.0656. The van der Waals surface area contributed by atoms with Crippen molar-refractivity contribution in [2.75, 3.05) is 31.2 Å². The smallest absolute Gasteiger partial charge is 0.319 e. The molecule has 42 heavy (non-hydrogen) atoms. The Labute approximate surface area is 243 Å². The van der Waals surface area contributed by atoms with E-state index in [4.69, 9.17) is 9.72 Å². The van der Waals surface area contributed by atoms with Gasteiger partial charge in [0.25, 0.3) is 0 Å². The Hall–Kier alpha value is -4.27. The fourth-order valence-corrected chi connectivity index (χ4v) is 6.41. The first-order valence-corrected chi connectivity index (χ1v) is 14.4. The minimum Gasteiger partial charge on any atom is -0.508 e. The van der Waals surface area contributed by atoms with Crippen LogP contribution < -0.4 is 15.0 Å². The van der Waals surface area contributed by atoms with Crippen LogP contribution in [-0.4, -0.2) is 58.6 Å². The van der Waals surface area contributed by atoms with E-state index in [2.05, 4.69) is 15.2 Å². The van der Waals surface area contributed by atoms with E-state index in [0.717, 1.165) is 42.3 Å². The summed E-state index contributed by atoms with van der Waals surface area (Å²) in [6.45, 7) is 3.43. The number of fused-ring (bicyclic) bond motifs is 4. The predicted octanol–water partition coefficient (Wildman–Crippen LogP) is 5.56. The van der Waals surface area contributed by atoms with E-state index in [0.29, 0.717) is 34.4 Å². The van der Waals surface area contributed by atoms with Gasteiger partial charge in [-0.2, -0.15) is 9.97 Å². The van der Waals surface area contributed by atoms with Gasteiger partial charge in [0.1, 0.15) is 23.7 Å². The van der Waals surface area contributed by atoms with Crippen LogP contribution in [0, 0.1) is 5.82 Å². The molecule has 0 radical (unpaired) electrons. The van der Waals surface area contributed by atoms with Gasteiger partial charge < -0.3 is 25.2 Å². The Morgan fingerprint density at radius 1 is 0.929 bits per heavy atom. The second-order valence-electron chi connectivity index (χ2n) is 11.8. The zero-order valence-electron chi connectivity index (χ0n) is 23.4. The first-order chi connectivity index (χ1) is 20.4. The molecule has 1 unspecified atom stereocenters. The summed E-state index contributed by atoms with van der Waals surface area (Å²) in [7, 11) is 0. The van der Waals surface area contributed by atoms with Gasteiger partial charge in [0.15, 0.2) is 5.82 Å². The molecule has 4 aromatic carbocycles. The third kappa shape index (κ3) is 4.70. The van der Waals surface area contributed by atoms with Gasteiger partial charge in [0, 0.05) is 41.5 Å². The van der Waals surface area contributed by atoms with Gasteiger partial charge in [-0.05, 0) is 52.9 Å². The zero-order chi connectivity index (χ0) is 28.8. The summed E-state index contributed by atoms with van der Waals surface area (Å²) >= 11 is 0. The van der Waals surface area contributed by atoms with Crippen molar-refractivity contribution in [1.29, 1.82) is 0 Å². The number of aliphatic hydroxyl groups excluding tert-OH is 1. The highest BCUT2D eigenvalue weighted by Gasteiger charge is 2.34. The van der Waals surface area contributed by atoms with Gasteiger partial charge in [-0.3, -0.25) is 0 Å². The molecule has 2 bridgehead atoms. The van der Waals surface area contributed by atoms with E-state index < -0.39 is 11.2 Å². The number of phenolic OH excluding ortho intramolecular Hbond substituents is 1. The third-order valence-corrected chi connectivity index (χ3v) is 8.76. The lowest BCUT2D eigenvalue weighted by molar-refractivity contribution is 0.136. The third-order valence-electron chi connectivity index (χ3n) is 8.76. The van der Waals surface area contributed by atoms with E-state index in [-0.39, 0.29) is 30.5 Å². The Balaban J connectivity index is 1.35. The molecule has 2 saturated heterocycles. The van der Waals surface area contributed by atoms with Gasteiger partial charge in [0.05, 0.1) is 6.61 Å². The number of aliphatic hydroxyl groups is 1. The standard InChI is InChI=1S/C34H33FN4O3/c1-34(19-40,22-8-3-2-4-9-22)20-42-33-37-31-28(32(38-33)39-17-23-11-12-24(18-39)36-23)14-13-27(30(31)35)29-16-25(41)15-21-7-5-6-10-26(21)29/h2-10,13-16,23-24,36,40-41H,11-12,17-20H2,1H3/t23-,24+,34?. The van der Waals surface area contributed by atoms with Crippen molar-refractivity contribution >= 4 is 27.5 Å². The average molecular weight is 565 g/mol. The molecular formula is C34H33FN4O3. The molecule has 5 aromatic rings. The minimum atomic E-state index is -0.700. The number of aromatic hydroxyl groups is 1. The lowest BCUT2D eigenvalue weighted by Crippen LogP contribution is -2.51. The van der Waals surface area contributed by atoms with Crippen molar-refractivity contribution in [2.45, 2.75) is 37.3 Å². The van der Waals surface area contributed by atoms with Crippen LogP contribution in [0.2, 0.25) is 0 Å². The molecule has 0 saturated carbocycles. The van der Waals surface area contributed by atoms with E-state index in [1.807, 2.05) is 67.6 Å². The molecule has 3 heterocycles. The quantitative estimate of drug-likeness (QED) is 0.238. The van der Waals surface area contributed by atoms with E-state index in [1.165, 1.54) is 0 Å². The highest BCUT2D eigenvalue weighted by molar-refractivity contribution is 6.01. The van der Waals surface area contributed by atoms with Gasteiger partial charge >= 0.3 is 6.01 Å². The maximum atomic E-state index is 16.6. The molecule has 7 nitrogen and oxygen atoms in total. The summed E-state index contributed by atoms with van der Waals surface area (Å²) in [6, 6.07) is 25.0. The molecule has 2 aliphatic rings. The molecule has 3 atom stereocenters. The Morgan fingerprint density at radius 3 is 2.43 bits per heavy atom. The summed E-state index contributed by atoms with van der Waals surface area (Å²) in [6.07, 6.45) is 2.20. The van der Waals surface area contributed by atoms with Crippen molar-refractivity contribution in [3.63, 3.8) is 0 Å². The molecule has 214 valence electrons. The molecule has 3 N–H and O–H groups in total. The van der Waals surface area contributed by atoms with Crippen LogP contribution in [0.15, 0.2) is 78.9 Å². The van der Waals surface area contributed by atoms with Gasteiger partial charge in [-0.25, -0.2) is 4.39 Å². The maximum absolute atomic E-state index is 16.6. The van der Waals surface area contributed by atoms with Crippen molar-refractivity contribution in [3.8, 4) is 22.9 Å². The van der Waals surface area contributed by atoms with Crippen LogP contribution in [-0.2, 0) is 5.41 Å². The number of piperazine rings is 1. The fraction of sp³-hybridized carbons (Fsp3) is 0.294. The summed E-state index contributed by atoms with van der Waals surface area (Å²) in [5, 5.41) is 26.7. The number of nitrogens with one attached hydrogen (secondary N) is 1. The fourth-order valence-electron chi connectivity index (χ4n) is 6.41. The zero-order valence-corrected chi connectivity index (χ0v) is 23.4. The molecular weight excluding hydrogens is 531 g/mol. The van der Waals surface area contributed by atoms with E-state index in [1.54, 1.807) is 18.2 Å². The normalized spacial score (nSPS) is 19.7. The molecule has 0 amide bonds. The lowest BCUT2D eigenvalue weighted by Gasteiger charge is -2.34. The van der Waals surface area contributed by atoms with Crippen molar-refractivity contribution < 1.29 is 19.3 Å². The molecule has 8 heteroatoms. The van der Waals surface area contributed by atoms with Crippen molar-refractivity contribution in [3.05, 3.63) is 90.2 Å². The van der Waals surface area contributed by atoms with Crippen LogP contribution in [0.4, 0.5) is 10.2 Å². The number of hydrogen-bond donors (Lipinski definition) is 3. The molecule has 2 fully saturated rings. The molecule has 1 aromatic heterocycles. The monoisotopic (exact) mass is 564 g/mol. The number of rotatable bonds is 7. The van der Waals surface area contributed by atoms with Crippen molar-refractivity contribution in [2.24, 2.45) is 0 Å². The van der Waals surface area contributed by atoms with Gasteiger partial charge in [-0.15, -0.1) is 0 Å². The number of halogens is 1. The van der Waals surface area contributed by atoms with Crippen LogP contribution in [0.25, 0.3) is 32.8 Å². The largest absolute Gasteiger partial charge is 0.508 e. The number of aromatic nitrogens is 2. The van der Waals surface area contributed by atoms with Crippen LogP contribution in [0.3, 0.4) is 0 Å². The summed E-state index contributed by atoms with van der Waals surface area (Å²) < 4.78 is 22.8. The number of phenols is 1. The number of anilines is 1. The van der Waals surface area contributed by atoms with Crippen molar-refractivity contribution in [1.82, 2.24) is 15.3 Å². The highest BCUT2D eigenvalue weighted by Crippen LogP contribution is 2.39. The first-order valence-electron chi connectivity index (χ1n) is 14.4. The van der Waals surface area contributed by atoms with Gasteiger partial charge in [0.2, 0.25) is 0 Å². The Bertz CT molecular complexity index is 1770. The number of ether oxygens (including phenoxy) is 1. The predicted molar refractivity (Wildman–Crippen MR) is 163 cm³/mol. The van der Waals surface area contributed by atoms with E-state index in [9.17, 15) is 10.2 Å². The molecule has 7 rings (SSSR count). The number of nitrogens with zero attached hydrogens (tertiary/aromatic N) is 3. The van der Waals surface area contributed by atoms with Gasteiger partial charge in [-0.1, -0.05) is 67.6 Å². The topological polar surface area (TPSA) is 90.7 Å². The maximum Gasteiger partial charge on any atom is 0.319 e.